The molecule has 0 atom stereocenters. The van der Waals surface area contributed by atoms with Crippen molar-refractivity contribution in [3.8, 4) is 16.9 Å². The number of benzene rings is 3. The molecule has 0 aliphatic carbocycles. The van der Waals surface area contributed by atoms with Gasteiger partial charge in [-0.1, -0.05) is 48.0 Å². The van der Waals surface area contributed by atoms with E-state index in [1.54, 1.807) is 16.8 Å². The van der Waals surface area contributed by atoms with Crippen LogP contribution >= 0.6 is 11.6 Å². The van der Waals surface area contributed by atoms with E-state index in [0.29, 0.717) is 35.0 Å². The zero-order chi connectivity index (χ0) is 22.8. The Morgan fingerprint density at radius 3 is 2.36 bits per heavy atom. The molecule has 7 heteroatoms. The molecule has 0 spiro atoms. The average Bonchev–Trinajstić information content (AvgIpc) is 3.19. The van der Waals surface area contributed by atoms with Crippen molar-refractivity contribution in [1.82, 2.24) is 20.1 Å². The minimum absolute atomic E-state index is 0.197. The van der Waals surface area contributed by atoms with Gasteiger partial charge in [0.25, 0.3) is 5.56 Å². The Labute approximate surface area is 194 Å². The van der Waals surface area contributed by atoms with Crippen LogP contribution in [-0.2, 0) is 13.1 Å². The summed E-state index contributed by atoms with van der Waals surface area (Å²) in [7, 11) is 0. The minimum Gasteiger partial charge on any atom is -0.308 e. The summed E-state index contributed by atoms with van der Waals surface area (Å²) in [4.78, 5) is 15.9. The number of hydrogen-bond donors (Lipinski definition) is 2. The molecule has 164 valence electrons. The molecule has 2 heterocycles. The first-order valence-electron chi connectivity index (χ1n) is 10.5. The van der Waals surface area contributed by atoms with Crippen molar-refractivity contribution < 1.29 is 4.39 Å². The summed E-state index contributed by atoms with van der Waals surface area (Å²) in [6.07, 6.45) is 0. The van der Waals surface area contributed by atoms with E-state index in [2.05, 4.69) is 10.3 Å². The summed E-state index contributed by atoms with van der Waals surface area (Å²) < 4.78 is 15.2. The molecule has 5 aromatic rings. The third-order valence-electron chi connectivity index (χ3n) is 5.47. The Hall–Kier alpha value is -3.74. The smallest absolute Gasteiger partial charge is 0.254 e. The number of aromatic amines is 1. The van der Waals surface area contributed by atoms with E-state index in [4.69, 9.17) is 16.7 Å². The summed E-state index contributed by atoms with van der Waals surface area (Å²) in [6, 6.07) is 25.2. The van der Waals surface area contributed by atoms with Gasteiger partial charge in [-0.2, -0.15) is 5.10 Å². The van der Waals surface area contributed by atoms with Crippen LogP contribution in [0.2, 0.25) is 5.02 Å². The number of nitrogens with one attached hydrogen (secondary N) is 2. The fraction of sp³-hybridized carbons (Fsp3) is 0.0769. The third kappa shape index (κ3) is 4.31. The van der Waals surface area contributed by atoms with E-state index in [1.165, 1.54) is 12.1 Å². The van der Waals surface area contributed by atoms with Gasteiger partial charge in [0.05, 0.1) is 5.69 Å². The largest absolute Gasteiger partial charge is 0.308 e. The number of aromatic nitrogens is 3. The fourth-order valence-corrected chi connectivity index (χ4v) is 4.00. The van der Waals surface area contributed by atoms with Gasteiger partial charge in [0.2, 0.25) is 0 Å². The van der Waals surface area contributed by atoms with Gasteiger partial charge in [0, 0.05) is 34.6 Å². The number of para-hydroxylation sites is 1. The number of hydrogen-bond acceptors (Lipinski definition) is 3. The van der Waals surface area contributed by atoms with Gasteiger partial charge in [-0.05, 0) is 54.1 Å². The first-order chi connectivity index (χ1) is 16.1. The van der Waals surface area contributed by atoms with Gasteiger partial charge in [0.15, 0.2) is 0 Å². The molecule has 0 saturated heterocycles. The maximum Gasteiger partial charge on any atom is 0.254 e. The lowest BCUT2D eigenvalue weighted by Gasteiger charge is -2.07. The molecule has 33 heavy (non-hydrogen) atoms. The molecule has 0 unspecified atom stereocenters. The molecule has 0 bridgehead atoms. The van der Waals surface area contributed by atoms with E-state index in [1.807, 2.05) is 60.7 Å². The van der Waals surface area contributed by atoms with Crippen LogP contribution in [-0.4, -0.2) is 14.8 Å². The second-order valence-corrected chi connectivity index (χ2v) is 8.09. The predicted octanol–water partition coefficient (Wildman–Crippen LogP) is 5.46. The van der Waals surface area contributed by atoms with Crippen LogP contribution in [0.5, 0.6) is 0 Å². The molecule has 5 nitrogen and oxygen atoms in total. The fourth-order valence-electron chi connectivity index (χ4n) is 3.80. The normalized spacial score (nSPS) is 11.2. The van der Waals surface area contributed by atoms with Gasteiger partial charge in [-0.25, -0.2) is 9.07 Å². The summed E-state index contributed by atoms with van der Waals surface area (Å²) in [5.74, 6) is -0.316. The second kappa shape index (κ2) is 9.02. The molecule has 3 aromatic carbocycles. The van der Waals surface area contributed by atoms with E-state index in [0.717, 1.165) is 22.2 Å². The molecule has 0 fully saturated rings. The van der Waals surface area contributed by atoms with Gasteiger partial charge < -0.3 is 10.3 Å². The van der Waals surface area contributed by atoms with Crippen molar-refractivity contribution in [1.29, 1.82) is 0 Å². The van der Waals surface area contributed by atoms with Crippen LogP contribution in [0.4, 0.5) is 4.39 Å². The van der Waals surface area contributed by atoms with E-state index < -0.39 is 0 Å². The second-order valence-electron chi connectivity index (χ2n) is 7.68. The number of fused-ring (bicyclic) bond motifs is 1. The van der Waals surface area contributed by atoms with Crippen LogP contribution in [0, 0.1) is 5.82 Å². The highest BCUT2D eigenvalue weighted by Gasteiger charge is 2.17. The molecule has 2 aromatic heterocycles. The average molecular weight is 459 g/mol. The number of halogens is 2. The van der Waals surface area contributed by atoms with Gasteiger partial charge >= 0.3 is 0 Å². The number of nitrogens with zero attached hydrogens (tertiary/aromatic N) is 2. The van der Waals surface area contributed by atoms with Crippen molar-refractivity contribution in [2.45, 2.75) is 13.1 Å². The van der Waals surface area contributed by atoms with Crippen molar-refractivity contribution in [3.63, 3.8) is 0 Å². The maximum absolute atomic E-state index is 13.5. The van der Waals surface area contributed by atoms with Gasteiger partial charge in [0.1, 0.15) is 17.2 Å². The minimum atomic E-state index is -0.316. The van der Waals surface area contributed by atoms with Crippen LogP contribution in [0.15, 0.2) is 89.7 Å². The van der Waals surface area contributed by atoms with Crippen LogP contribution < -0.4 is 10.9 Å². The molecule has 0 aliphatic rings. The summed E-state index contributed by atoms with van der Waals surface area (Å²) in [6.45, 7) is 0.890. The summed E-state index contributed by atoms with van der Waals surface area (Å²) in [5.41, 5.74) is 4.16. The quantitative estimate of drug-likeness (QED) is 0.355. The molecular weight excluding hydrogens is 439 g/mol. The molecule has 0 radical (unpaired) electrons. The van der Waals surface area contributed by atoms with Crippen molar-refractivity contribution in [2.75, 3.05) is 0 Å². The topological polar surface area (TPSA) is 62.7 Å². The van der Waals surface area contributed by atoms with Crippen molar-refractivity contribution in [2.24, 2.45) is 0 Å². The number of rotatable bonds is 6. The van der Waals surface area contributed by atoms with Crippen LogP contribution in [0.25, 0.3) is 28.0 Å². The van der Waals surface area contributed by atoms with Gasteiger partial charge in [-0.3, -0.25) is 4.79 Å². The van der Waals surface area contributed by atoms with Crippen LogP contribution in [0.1, 0.15) is 11.1 Å². The predicted molar refractivity (Wildman–Crippen MR) is 129 cm³/mol. The molecule has 0 amide bonds. The summed E-state index contributed by atoms with van der Waals surface area (Å²) >= 11 is 6.23. The lowest BCUT2D eigenvalue weighted by atomic mass is 10.1. The highest BCUT2D eigenvalue weighted by atomic mass is 35.5. The van der Waals surface area contributed by atoms with E-state index in [9.17, 15) is 9.18 Å². The Bertz CT molecular complexity index is 1480. The molecular formula is C26H20ClFN4O. The maximum atomic E-state index is 13.5. The highest BCUT2D eigenvalue weighted by molar-refractivity contribution is 6.31. The third-order valence-corrected chi connectivity index (χ3v) is 5.84. The summed E-state index contributed by atoms with van der Waals surface area (Å²) in [5, 5.41) is 9.51. The zero-order valence-electron chi connectivity index (χ0n) is 17.6. The van der Waals surface area contributed by atoms with Crippen molar-refractivity contribution >= 4 is 22.6 Å². The van der Waals surface area contributed by atoms with E-state index >= 15 is 0 Å². The zero-order valence-corrected chi connectivity index (χ0v) is 18.3. The van der Waals surface area contributed by atoms with E-state index in [-0.39, 0.29) is 11.4 Å². The Balaban J connectivity index is 1.56. The number of pyridine rings is 1. The SMILES string of the molecule is O=c1[nH]c2c(cc1CNCc1ccccc1Cl)c(-c1ccc(F)cc1)nn2-c1ccccc1. The Morgan fingerprint density at radius 1 is 0.909 bits per heavy atom. The lowest BCUT2D eigenvalue weighted by molar-refractivity contribution is 0.628. The first kappa shape index (κ1) is 21.1. The molecule has 0 aliphatic heterocycles. The Morgan fingerprint density at radius 2 is 1.61 bits per heavy atom. The standard InChI is InChI=1S/C26H20ClFN4O/c27-23-9-5-4-6-18(23)15-29-16-19-14-22-24(17-10-12-20(28)13-11-17)31-32(25(22)30-26(19)33)21-7-2-1-3-8-21/h1-14,29H,15-16H2,(H,30,33). The lowest BCUT2D eigenvalue weighted by Crippen LogP contribution is -2.21. The van der Waals surface area contributed by atoms with Crippen LogP contribution in [0.3, 0.4) is 0 Å². The molecule has 2 N–H and O–H groups in total. The van der Waals surface area contributed by atoms with Crippen molar-refractivity contribution in [3.05, 3.63) is 117 Å². The van der Waals surface area contributed by atoms with Gasteiger partial charge in [-0.15, -0.1) is 0 Å². The highest BCUT2D eigenvalue weighted by Crippen LogP contribution is 2.29. The monoisotopic (exact) mass is 458 g/mol. The first-order valence-corrected chi connectivity index (χ1v) is 10.9. The molecule has 5 rings (SSSR count). The molecule has 0 saturated carbocycles. The number of H-pyrrole nitrogens is 1. The Kier molecular flexibility index (Phi) is 5.77.